The Balaban J connectivity index is 3.07. The van der Waals surface area contributed by atoms with Crippen LogP contribution < -0.4 is 5.73 Å². The van der Waals surface area contributed by atoms with Gasteiger partial charge in [-0.25, -0.2) is 9.89 Å². The van der Waals surface area contributed by atoms with Gasteiger partial charge in [-0.1, -0.05) is 0 Å². The van der Waals surface area contributed by atoms with Crippen LogP contribution in [-0.2, 0) is 9.53 Å². The summed E-state index contributed by atoms with van der Waals surface area (Å²) in [5, 5.41) is 6.15. The van der Waals surface area contributed by atoms with Gasteiger partial charge < -0.3 is 10.5 Å². The summed E-state index contributed by atoms with van der Waals surface area (Å²) in [5.74, 6) is -0.243. The zero-order valence-corrected chi connectivity index (χ0v) is 8.09. The lowest BCUT2D eigenvalue weighted by Gasteiger charge is -2.10. The molecule has 0 saturated heterocycles. The first kappa shape index (κ1) is 9.72. The van der Waals surface area contributed by atoms with Gasteiger partial charge in [0.2, 0.25) is 5.95 Å². The number of nitrogens with one attached hydrogen (secondary N) is 1. The molecule has 1 unspecified atom stereocenters. The lowest BCUT2D eigenvalue weighted by atomic mass is 10.3. The van der Waals surface area contributed by atoms with E-state index in [1.807, 2.05) is 0 Å². The van der Waals surface area contributed by atoms with Gasteiger partial charge in [0.1, 0.15) is 6.04 Å². The first-order chi connectivity index (χ1) is 6.07. The summed E-state index contributed by atoms with van der Waals surface area (Å²) in [6, 6.07) is -0.559. The molecule has 0 saturated carbocycles. The average Bonchev–Trinajstić information content (AvgIpc) is 2.44. The van der Waals surface area contributed by atoms with Gasteiger partial charge in [0.15, 0.2) is 4.77 Å². The molecule has 1 heterocycles. The van der Waals surface area contributed by atoms with Gasteiger partial charge in [-0.2, -0.15) is 0 Å². The van der Waals surface area contributed by atoms with E-state index in [4.69, 9.17) is 18.0 Å². The lowest BCUT2D eigenvalue weighted by Crippen LogP contribution is -2.19. The molecular formula is C6H10N4O2S. The van der Waals surface area contributed by atoms with Crippen LogP contribution >= 0.6 is 12.2 Å². The molecule has 3 N–H and O–H groups in total. The molecule has 0 radical (unpaired) electrons. The van der Waals surface area contributed by atoms with Crippen LogP contribution in [0.25, 0.3) is 0 Å². The first-order valence-electron chi connectivity index (χ1n) is 3.58. The molecule has 0 aliphatic heterocycles. The van der Waals surface area contributed by atoms with E-state index < -0.39 is 12.0 Å². The van der Waals surface area contributed by atoms with Crippen LogP contribution in [0, 0.1) is 4.77 Å². The summed E-state index contributed by atoms with van der Waals surface area (Å²) >= 11 is 4.87. The number of anilines is 1. The molecule has 1 aromatic rings. The number of nitrogens with two attached hydrogens (primary N) is 1. The maximum Gasteiger partial charge on any atom is 0.328 e. The van der Waals surface area contributed by atoms with E-state index in [-0.39, 0.29) is 5.95 Å². The molecule has 0 aromatic carbocycles. The van der Waals surface area contributed by atoms with E-state index >= 15 is 0 Å². The molecule has 0 spiro atoms. The number of aromatic amines is 1. The van der Waals surface area contributed by atoms with Crippen molar-refractivity contribution in [2.24, 2.45) is 0 Å². The Morgan fingerprint density at radius 3 is 2.85 bits per heavy atom. The molecule has 0 bridgehead atoms. The zero-order valence-electron chi connectivity index (χ0n) is 7.27. The number of nitrogens with zero attached hydrogens (tertiary/aromatic N) is 2. The highest BCUT2D eigenvalue weighted by atomic mass is 32.1. The normalized spacial score (nSPS) is 12.5. The number of aromatic nitrogens is 3. The third-order valence-corrected chi connectivity index (χ3v) is 1.95. The molecule has 0 fully saturated rings. The number of esters is 1. The number of H-pyrrole nitrogens is 1. The van der Waals surface area contributed by atoms with Crippen molar-refractivity contribution < 1.29 is 9.53 Å². The summed E-state index contributed by atoms with van der Waals surface area (Å²) in [6.07, 6.45) is 0. The van der Waals surface area contributed by atoms with Gasteiger partial charge in [0.25, 0.3) is 0 Å². The van der Waals surface area contributed by atoms with Crippen molar-refractivity contribution in [1.29, 1.82) is 0 Å². The minimum absolute atomic E-state index is 0.169. The van der Waals surface area contributed by atoms with Crippen molar-refractivity contribution in [3.05, 3.63) is 4.77 Å². The number of ether oxygens (including phenoxy) is 1. The van der Waals surface area contributed by atoms with Crippen molar-refractivity contribution in [3.63, 3.8) is 0 Å². The molecule has 0 aliphatic rings. The van der Waals surface area contributed by atoms with Gasteiger partial charge in [-0.15, -0.1) is 5.10 Å². The topological polar surface area (TPSA) is 85.9 Å². The van der Waals surface area contributed by atoms with Crippen LogP contribution in [-0.4, -0.2) is 27.8 Å². The SMILES string of the molecule is COC(=O)C(C)n1c(N)n[nH]c1=S. The second-order valence-corrected chi connectivity index (χ2v) is 2.84. The Bertz CT molecular complexity index is 369. The number of carbonyl (C=O) groups excluding carboxylic acids is 1. The monoisotopic (exact) mass is 202 g/mol. The van der Waals surface area contributed by atoms with E-state index in [1.165, 1.54) is 11.7 Å². The fraction of sp³-hybridized carbons (Fsp3) is 0.500. The Hall–Kier alpha value is -1.37. The molecule has 1 atom stereocenters. The standard InChI is InChI=1S/C6H10N4O2S/c1-3(4(11)12-2)10-5(7)8-9-6(10)13/h3H,1-2H3,(H2,7,8)(H,9,13). The molecule has 1 aromatic heterocycles. The highest BCUT2D eigenvalue weighted by Crippen LogP contribution is 2.11. The van der Waals surface area contributed by atoms with Crippen molar-refractivity contribution in [2.75, 3.05) is 12.8 Å². The molecule has 72 valence electrons. The van der Waals surface area contributed by atoms with Crippen molar-refractivity contribution in [2.45, 2.75) is 13.0 Å². The Kier molecular flexibility index (Phi) is 2.66. The maximum absolute atomic E-state index is 11.1. The van der Waals surface area contributed by atoms with Gasteiger partial charge in [-0.3, -0.25) is 4.57 Å². The van der Waals surface area contributed by atoms with Crippen molar-refractivity contribution in [3.8, 4) is 0 Å². The zero-order chi connectivity index (χ0) is 10.0. The summed E-state index contributed by atoms with van der Waals surface area (Å²) in [5.41, 5.74) is 5.48. The number of hydrogen-bond acceptors (Lipinski definition) is 5. The Morgan fingerprint density at radius 1 is 1.85 bits per heavy atom. The quantitative estimate of drug-likeness (QED) is 0.530. The van der Waals surface area contributed by atoms with E-state index in [2.05, 4.69) is 14.9 Å². The van der Waals surface area contributed by atoms with Crippen LogP contribution in [0.15, 0.2) is 0 Å². The average molecular weight is 202 g/mol. The predicted molar refractivity (Wildman–Crippen MR) is 48.6 cm³/mol. The molecule has 0 amide bonds. The van der Waals surface area contributed by atoms with Gasteiger partial charge >= 0.3 is 5.97 Å². The summed E-state index contributed by atoms with van der Waals surface area (Å²) in [6.45, 7) is 1.63. The maximum atomic E-state index is 11.1. The number of nitrogen functional groups attached to an aromatic ring is 1. The van der Waals surface area contributed by atoms with Crippen LogP contribution in [0.1, 0.15) is 13.0 Å². The second-order valence-electron chi connectivity index (χ2n) is 2.46. The van der Waals surface area contributed by atoms with Crippen molar-refractivity contribution in [1.82, 2.24) is 14.8 Å². The number of rotatable bonds is 2. The fourth-order valence-corrected chi connectivity index (χ4v) is 1.26. The smallest absolute Gasteiger partial charge is 0.328 e. The van der Waals surface area contributed by atoms with Gasteiger partial charge in [0, 0.05) is 0 Å². The minimum Gasteiger partial charge on any atom is -0.467 e. The fourth-order valence-electron chi connectivity index (χ4n) is 0.967. The predicted octanol–water partition coefficient (Wildman–Crippen LogP) is 0.257. The Labute approximate surface area is 79.7 Å². The number of hydrogen-bond donors (Lipinski definition) is 2. The van der Waals surface area contributed by atoms with Crippen molar-refractivity contribution >= 4 is 24.1 Å². The molecule has 0 aliphatic carbocycles. The first-order valence-corrected chi connectivity index (χ1v) is 3.99. The van der Waals surface area contributed by atoms with Gasteiger partial charge in [-0.05, 0) is 19.1 Å². The highest BCUT2D eigenvalue weighted by molar-refractivity contribution is 7.71. The van der Waals surface area contributed by atoms with E-state index in [9.17, 15) is 4.79 Å². The van der Waals surface area contributed by atoms with E-state index in [1.54, 1.807) is 6.92 Å². The molecule has 6 nitrogen and oxygen atoms in total. The second kappa shape index (κ2) is 3.56. The molecule has 13 heavy (non-hydrogen) atoms. The van der Waals surface area contributed by atoms with E-state index in [0.29, 0.717) is 4.77 Å². The summed E-state index contributed by atoms with van der Waals surface area (Å²) in [4.78, 5) is 11.1. The van der Waals surface area contributed by atoms with Gasteiger partial charge in [0.05, 0.1) is 7.11 Å². The highest BCUT2D eigenvalue weighted by Gasteiger charge is 2.18. The van der Waals surface area contributed by atoms with E-state index in [0.717, 1.165) is 0 Å². The number of carbonyl (C=O) groups is 1. The molecular weight excluding hydrogens is 192 g/mol. The van der Waals surface area contributed by atoms with Crippen LogP contribution in [0.4, 0.5) is 5.95 Å². The lowest BCUT2D eigenvalue weighted by molar-refractivity contribution is -0.144. The van der Waals surface area contributed by atoms with Crippen LogP contribution in [0.5, 0.6) is 0 Å². The molecule has 7 heteroatoms. The largest absolute Gasteiger partial charge is 0.467 e. The van der Waals surface area contributed by atoms with Crippen LogP contribution in [0.2, 0.25) is 0 Å². The Morgan fingerprint density at radius 2 is 2.46 bits per heavy atom. The van der Waals surface area contributed by atoms with Crippen LogP contribution in [0.3, 0.4) is 0 Å². The minimum atomic E-state index is -0.559. The summed E-state index contributed by atoms with van der Waals surface area (Å²) in [7, 11) is 1.30. The summed E-state index contributed by atoms with van der Waals surface area (Å²) < 4.78 is 6.23. The third-order valence-electron chi connectivity index (χ3n) is 1.66. The third kappa shape index (κ3) is 1.69. The molecule has 1 rings (SSSR count). The number of methoxy groups -OCH3 is 1.